The van der Waals surface area contributed by atoms with E-state index in [4.69, 9.17) is 9.47 Å². The van der Waals surface area contributed by atoms with Crippen LogP contribution in [-0.2, 0) is 9.47 Å². The van der Waals surface area contributed by atoms with Gasteiger partial charge in [0.25, 0.3) is 0 Å². The first-order valence-electron chi connectivity index (χ1n) is 6.11. The Morgan fingerprint density at radius 3 is 2.80 bits per heavy atom. The van der Waals surface area contributed by atoms with Gasteiger partial charge in [0, 0.05) is 26.1 Å². The molecule has 0 unspecified atom stereocenters. The summed E-state index contributed by atoms with van der Waals surface area (Å²) in [6, 6.07) is 0. The third-order valence-corrected chi connectivity index (χ3v) is 3.01. The third-order valence-electron chi connectivity index (χ3n) is 3.01. The molecule has 2 heterocycles. The second-order valence-electron chi connectivity index (χ2n) is 4.26. The lowest BCUT2D eigenvalue weighted by Gasteiger charge is -2.26. The molecule has 2 saturated heterocycles. The molecule has 0 aromatic carbocycles. The Morgan fingerprint density at radius 1 is 1.07 bits per heavy atom. The fourth-order valence-corrected chi connectivity index (χ4v) is 2.12. The van der Waals surface area contributed by atoms with Gasteiger partial charge in [-0.05, 0) is 25.9 Å². The standard InChI is InChI=1S/C11H22N2O2/c1-4-12-5-8-13(6-1)7-3-11-14-9-2-10-15-11/h11-12H,1-10H2. The van der Waals surface area contributed by atoms with Crippen molar-refractivity contribution in [3.05, 3.63) is 0 Å². The van der Waals surface area contributed by atoms with E-state index in [1.807, 2.05) is 0 Å². The van der Waals surface area contributed by atoms with Crippen molar-refractivity contribution in [2.75, 3.05) is 45.9 Å². The molecule has 88 valence electrons. The van der Waals surface area contributed by atoms with Crippen LogP contribution in [0, 0.1) is 0 Å². The Balaban J connectivity index is 1.62. The number of nitrogens with one attached hydrogen (secondary N) is 1. The number of hydrogen-bond acceptors (Lipinski definition) is 4. The molecule has 0 spiro atoms. The molecule has 4 nitrogen and oxygen atoms in total. The summed E-state index contributed by atoms with van der Waals surface area (Å²) in [5.41, 5.74) is 0. The lowest BCUT2D eigenvalue weighted by molar-refractivity contribution is -0.182. The summed E-state index contributed by atoms with van der Waals surface area (Å²) in [7, 11) is 0. The summed E-state index contributed by atoms with van der Waals surface area (Å²) >= 11 is 0. The van der Waals surface area contributed by atoms with Crippen LogP contribution in [0.15, 0.2) is 0 Å². The lowest BCUT2D eigenvalue weighted by Crippen LogP contribution is -2.33. The SMILES string of the molecule is C1COC(CCN2CCCNCC2)OC1. The molecule has 0 saturated carbocycles. The van der Waals surface area contributed by atoms with E-state index in [1.165, 1.54) is 13.0 Å². The lowest BCUT2D eigenvalue weighted by atomic mass is 10.3. The zero-order valence-corrected chi connectivity index (χ0v) is 9.41. The molecule has 1 N–H and O–H groups in total. The molecular formula is C11H22N2O2. The molecule has 2 fully saturated rings. The number of hydrogen-bond donors (Lipinski definition) is 1. The fraction of sp³-hybridized carbons (Fsp3) is 1.00. The Labute approximate surface area is 91.9 Å². The Bertz CT molecular complexity index is 164. The van der Waals surface area contributed by atoms with Crippen LogP contribution in [-0.4, -0.2) is 57.1 Å². The number of nitrogens with zero attached hydrogens (tertiary/aromatic N) is 1. The van der Waals surface area contributed by atoms with E-state index in [-0.39, 0.29) is 6.29 Å². The molecule has 2 rings (SSSR count). The van der Waals surface area contributed by atoms with Crippen LogP contribution in [0.25, 0.3) is 0 Å². The largest absolute Gasteiger partial charge is 0.353 e. The summed E-state index contributed by atoms with van der Waals surface area (Å²) in [4.78, 5) is 2.50. The molecule has 0 aromatic rings. The van der Waals surface area contributed by atoms with Gasteiger partial charge in [-0.3, -0.25) is 0 Å². The van der Waals surface area contributed by atoms with Crippen LogP contribution in [0.3, 0.4) is 0 Å². The fourth-order valence-electron chi connectivity index (χ4n) is 2.12. The van der Waals surface area contributed by atoms with Crippen LogP contribution in [0.2, 0.25) is 0 Å². The van der Waals surface area contributed by atoms with Crippen molar-refractivity contribution in [1.82, 2.24) is 10.2 Å². The summed E-state index contributed by atoms with van der Waals surface area (Å²) < 4.78 is 11.1. The Kier molecular flexibility index (Phi) is 4.86. The number of rotatable bonds is 3. The molecule has 4 heteroatoms. The van der Waals surface area contributed by atoms with Crippen LogP contribution in [0.4, 0.5) is 0 Å². The van der Waals surface area contributed by atoms with E-state index in [1.54, 1.807) is 0 Å². The van der Waals surface area contributed by atoms with Gasteiger partial charge in [0.05, 0.1) is 13.2 Å². The Hall–Kier alpha value is -0.160. The minimum Gasteiger partial charge on any atom is -0.353 e. The van der Waals surface area contributed by atoms with Gasteiger partial charge in [-0.2, -0.15) is 0 Å². The van der Waals surface area contributed by atoms with Crippen molar-refractivity contribution < 1.29 is 9.47 Å². The highest BCUT2D eigenvalue weighted by molar-refractivity contribution is 4.66. The zero-order valence-electron chi connectivity index (χ0n) is 9.41. The Morgan fingerprint density at radius 2 is 1.93 bits per heavy atom. The average molecular weight is 214 g/mol. The van der Waals surface area contributed by atoms with E-state index < -0.39 is 0 Å². The van der Waals surface area contributed by atoms with E-state index in [0.29, 0.717) is 0 Å². The van der Waals surface area contributed by atoms with Crippen molar-refractivity contribution in [2.45, 2.75) is 25.6 Å². The topological polar surface area (TPSA) is 33.7 Å². The summed E-state index contributed by atoms with van der Waals surface area (Å²) in [6.07, 6.45) is 3.37. The van der Waals surface area contributed by atoms with E-state index in [9.17, 15) is 0 Å². The molecule has 0 atom stereocenters. The van der Waals surface area contributed by atoms with E-state index >= 15 is 0 Å². The van der Waals surface area contributed by atoms with Crippen LogP contribution in [0.1, 0.15) is 19.3 Å². The van der Waals surface area contributed by atoms with Crippen molar-refractivity contribution in [1.29, 1.82) is 0 Å². The highest BCUT2D eigenvalue weighted by Crippen LogP contribution is 2.09. The van der Waals surface area contributed by atoms with Crippen LogP contribution < -0.4 is 5.32 Å². The minimum atomic E-state index is 0.0509. The maximum Gasteiger partial charge on any atom is 0.158 e. The minimum absolute atomic E-state index is 0.0509. The predicted molar refractivity (Wildman–Crippen MR) is 58.9 cm³/mol. The molecular weight excluding hydrogens is 192 g/mol. The second kappa shape index (κ2) is 6.43. The maximum absolute atomic E-state index is 5.54. The van der Waals surface area contributed by atoms with E-state index in [0.717, 1.165) is 52.2 Å². The van der Waals surface area contributed by atoms with Gasteiger partial charge < -0.3 is 19.7 Å². The van der Waals surface area contributed by atoms with Crippen LogP contribution in [0.5, 0.6) is 0 Å². The molecule has 0 aromatic heterocycles. The smallest absolute Gasteiger partial charge is 0.158 e. The first-order chi connectivity index (χ1) is 7.45. The third kappa shape index (κ3) is 4.07. The summed E-state index contributed by atoms with van der Waals surface area (Å²) in [5.74, 6) is 0. The molecule has 0 bridgehead atoms. The van der Waals surface area contributed by atoms with Gasteiger partial charge in [0.1, 0.15) is 0 Å². The van der Waals surface area contributed by atoms with Crippen molar-refractivity contribution in [3.8, 4) is 0 Å². The molecule has 15 heavy (non-hydrogen) atoms. The first-order valence-corrected chi connectivity index (χ1v) is 6.11. The second-order valence-corrected chi connectivity index (χ2v) is 4.26. The zero-order chi connectivity index (χ0) is 10.3. The van der Waals surface area contributed by atoms with Gasteiger partial charge in [-0.15, -0.1) is 0 Å². The monoisotopic (exact) mass is 214 g/mol. The molecule has 0 aliphatic carbocycles. The van der Waals surface area contributed by atoms with Gasteiger partial charge in [0.2, 0.25) is 0 Å². The van der Waals surface area contributed by atoms with Crippen molar-refractivity contribution in [2.24, 2.45) is 0 Å². The quantitative estimate of drug-likeness (QED) is 0.739. The molecule has 0 amide bonds. The molecule has 0 radical (unpaired) electrons. The molecule has 2 aliphatic rings. The average Bonchev–Trinajstić information content (AvgIpc) is 2.56. The number of ether oxygens (including phenoxy) is 2. The van der Waals surface area contributed by atoms with Gasteiger partial charge in [0.15, 0.2) is 6.29 Å². The normalized spacial score (nSPS) is 26.4. The van der Waals surface area contributed by atoms with E-state index in [2.05, 4.69) is 10.2 Å². The maximum atomic E-state index is 5.54. The molecule has 2 aliphatic heterocycles. The summed E-state index contributed by atoms with van der Waals surface area (Å²) in [6.45, 7) is 7.48. The van der Waals surface area contributed by atoms with Gasteiger partial charge in [-0.25, -0.2) is 0 Å². The highest BCUT2D eigenvalue weighted by Gasteiger charge is 2.16. The van der Waals surface area contributed by atoms with Crippen molar-refractivity contribution >= 4 is 0 Å². The first kappa shape index (κ1) is 11.3. The summed E-state index contributed by atoms with van der Waals surface area (Å²) in [5, 5.41) is 3.41. The van der Waals surface area contributed by atoms with Gasteiger partial charge >= 0.3 is 0 Å². The van der Waals surface area contributed by atoms with Gasteiger partial charge in [-0.1, -0.05) is 0 Å². The highest BCUT2D eigenvalue weighted by atomic mass is 16.7. The van der Waals surface area contributed by atoms with Crippen molar-refractivity contribution in [3.63, 3.8) is 0 Å². The van der Waals surface area contributed by atoms with Crippen LogP contribution >= 0.6 is 0 Å². The predicted octanol–water partition coefficient (Wildman–Crippen LogP) is 0.435.